The number of halogens is 3. The zero-order valence-electron chi connectivity index (χ0n) is 16.3. The minimum absolute atomic E-state index is 0.125. The van der Waals surface area contributed by atoms with E-state index in [-0.39, 0.29) is 17.6 Å². The number of methoxy groups -OCH3 is 2. The molecule has 0 amide bonds. The third kappa shape index (κ3) is 6.30. The number of alkyl halides is 3. The summed E-state index contributed by atoms with van der Waals surface area (Å²) < 4.78 is 49.0. The van der Waals surface area contributed by atoms with Gasteiger partial charge in [0.15, 0.2) is 6.04 Å². The minimum atomic E-state index is -4.58. The van der Waals surface area contributed by atoms with Crippen LogP contribution in [0.25, 0.3) is 6.08 Å². The third-order valence-electron chi connectivity index (χ3n) is 4.13. The summed E-state index contributed by atoms with van der Waals surface area (Å²) in [5, 5.41) is 0. The van der Waals surface area contributed by atoms with Gasteiger partial charge in [-0.3, -0.25) is 4.99 Å². The van der Waals surface area contributed by atoms with Gasteiger partial charge in [0.2, 0.25) is 0 Å². The van der Waals surface area contributed by atoms with Gasteiger partial charge < -0.3 is 9.47 Å². The molecule has 30 heavy (non-hydrogen) atoms. The Morgan fingerprint density at radius 1 is 1.00 bits per heavy atom. The zero-order chi connectivity index (χ0) is 22.1. The average Bonchev–Trinajstić information content (AvgIpc) is 2.75. The lowest BCUT2D eigenvalue weighted by molar-refractivity contribution is -0.142. The average molecular weight is 419 g/mol. The number of ether oxygens (including phenoxy) is 2. The first-order chi connectivity index (χ1) is 14.3. The first-order valence-corrected chi connectivity index (χ1v) is 8.87. The number of nitrogens with zero attached hydrogens (tertiary/aromatic N) is 1. The highest BCUT2D eigenvalue weighted by molar-refractivity contribution is 5.95. The van der Waals surface area contributed by atoms with Crippen molar-refractivity contribution >= 4 is 24.2 Å². The number of esters is 2. The molecular weight excluding hydrogens is 399 g/mol. The van der Waals surface area contributed by atoms with Crippen LogP contribution in [0.2, 0.25) is 0 Å². The second kappa shape index (κ2) is 10.4. The Labute approximate surface area is 171 Å². The summed E-state index contributed by atoms with van der Waals surface area (Å²) in [6.07, 6.45) is -2.30. The Balaban J connectivity index is 2.38. The molecule has 0 saturated heterocycles. The molecule has 0 aliphatic rings. The zero-order valence-corrected chi connectivity index (χ0v) is 16.3. The van der Waals surface area contributed by atoms with Crippen LogP contribution in [0.5, 0.6) is 0 Å². The van der Waals surface area contributed by atoms with Gasteiger partial charge in [0.1, 0.15) is 0 Å². The third-order valence-corrected chi connectivity index (χ3v) is 4.13. The van der Waals surface area contributed by atoms with E-state index in [9.17, 15) is 22.8 Å². The second-order valence-electron chi connectivity index (χ2n) is 6.18. The van der Waals surface area contributed by atoms with E-state index < -0.39 is 29.7 Å². The monoisotopic (exact) mass is 419 g/mol. The molecule has 0 heterocycles. The molecule has 0 radical (unpaired) electrons. The molecule has 0 aliphatic carbocycles. The van der Waals surface area contributed by atoms with Gasteiger partial charge in [0.25, 0.3) is 0 Å². The van der Waals surface area contributed by atoms with Gasteiger partial charge in [-0.05, 0) is 17.7 Å². The molecule has 2 aromatic carbocycles. The Bertz CT molecular complexity index is 937. The minimum Gasteiger partial charge on any atom is -0.467 e. The van der Waals surface area contributed by atoms with Crippen molar-refractivity contribution in [1.29, 1.82) is 0 Å². The maximum absolute atomic E-state index is 13.2. The van der Waals surface area contributed by atoms with Crippen LogP contribution >= 0.6 is 0 Å². The number of hydrogen-bond acceptors (Lipinski definition) is 5. The van der Waals surface area contributed by atoms with E-state index in [4.69, 9.17) is 9.47 Å². The maximum Gasteiger partial charge on any atom is 0.417 e. The van der Waals surface area contributed by atoms with Crippen molar-refractivity contribution < 1.29 is 32.2 Å². The summed E-state index contributed by atoms with van der Waals surface area (Å²) in [5.74, 6) is -1.47. The molecule has 5 nitrogen and oxygen atoms in total. The van der Waals surface area contributed by atoms with E-state index in [0.717, 1.165) is 19.4 Å². The number of rotatable bonds is 7. The molecule has 1 atom stereocenters. The quantitative estimate of drug-likeness (QED) is 0.381. The summed E-state index contributed by atoms with van der Waals surface area (Å²) in [6, 6.07) is 12.5. The fraction of sp³-hybridized carbons (Fsp3) is 0.227. The molecule has 8 heteroatoms. The van der Waals surface area contributed by atoms with E-state index in [0.29, 0.717) is 5.56 Å². The SMILES string of the molecule is COC(=O)/C(=C\c1ccccc1)CC(N=Cc1ccccc1C(F)(F)F)C(=O)OC. The van der Waals surface area contributed by atoms with Gasteiger partial charge >= 0.3 is 18.1 Å². The Morgan fingerprint density at radius 2 is 1.63 bits per heavy atom. The summed E-state index contributed by atoms with van der Waals surface area (Å²) >= 11 is 0. The number of benzene rings is 2. The fourth-order valence-corrected chi connectivity index (χ4v) is 2.66. The Hall–Kier alpha value is -3.42. The van der Waals surface area contributed by atoms with E-state index in [2.05, 4.69) is 4.99 Å². The lowest BCUT2D eigenvalue weighted by Crippen LogP contribution is -2.23. The normalized spacial score (nSPS) is 13.2. The highest BCUT2D eigenvalue weighted by Gasteiger charge is 2.32. The van der Waals surface area contributed by atoms with Crippen LogP contribution in [0.1, 0.15) is 23.1 Å². The first-order valence-electron chi connectivity index (χ1n) is 8.87. The fourth-order valence-electron chi connectivity index (χ4n) is 2.66. The largest absolute Gasteiger partial charge is 0.467 e. The van der Waals surface area contributed by atoms with E-state index in [1.54, 1.807) is 30.3 Å². The Kier molecular flexibility index (Phi) is 7.91. The standard InChI is InChI=1S/C22H20F3NO4/c1-29-20(27)17(12-15-8-4-3-5-9-15)13-19(21(28)30-2)26-14-16-10-6-7-11-18(16)22(23,24)25/h3-12,14,19H,13H2,1-2H3/b17-12-,26-14?. The molecule has 0 spiro atoms. The second-order valence-corrected chi connectivity index (χ2v) is 6.18. The van der Waals surface area contributed by atoms with Gasteiger partial charge in [-0.2, -0.15) is 13.2 Å². The topological polar surface area (TPSA) is 65.0 Å². The summed E-state index contributed by atoms with van der Waals surface area (Å²) in [6.45, 7) is 0. The number of carbonyl (C=O) groups is 2. The molecule has 0 bridgehead atoms. The highest BCUT2D eigenvalue weighted by Crippen LogP contribution is 2.31. The van der Waals surface area contributed by atoms with Crippen LogP contribution in [0, 0.1) is 0 Å². The van der Waals surface area contributed by atoms with Crippen molar-refractivity contribution in [3.63, 3.8) is 0 Å². The molecular formula is C22H20F3NO4. The van der Waals surface area contributed by atoms with Crippen LogP contribution in [0.3, 0.4) is 0 Å². The number of aliphatic imine (C=N–C) groups is 1. The summed E-state index contributed by atoms with van der Waals surface area (Å²) in [5.41, 5.74) is -0.274. The molecule has 0 saturated carbocycles. The van der Waals surface area contributed by atoms with Crippen molar-refractivity contribution in [2.24, 2.45) is 4.99 Å². The van der Waals surface area contributed by atoms with E-state index in [1.165, 1.54) is 31.4 Å². The van der Waals surface area contributed by atoms with Crippen molar-refractivity contribution in [2.75, 3.05) is 14.2 Å². The molecule has 0 aliphatic heterocycles. The van der Waals surface area contributed by atoms with Gasteiger partial charge in [0, 0.05) is 23.8 Å². The summed E-state index contributed by atoms with van der Waals surface area (Å²) in [4.78, 5) is 28.3. The number of carbonyl (C=O) groups excluding carboxylic acids is 2. The van der Waals surface area contributed by atoms with Gasteiger partial charge in [-0.15, -0.1) is 0 Å². The molecule has 0 N–H and O–H groups in total. The van der Waals surface area contributed by atoms with Gasteiger partial charge in [-0.25, -0.2) is 9.59 Å². The highest BCUT2D eigenvalue weighted by atomic mass is 19.4. The molecule has 0 fully saturated rings. The lowest BCUT2D eigenvalue weighted by Gasteiger charge is -2.13. The van der Waals surface area contributed by atoms with Crippen LogP contribution in [0.15, 0.2) is 65.2 Å². The predicted octanol–water partition coefficient (Wildman–Crippen LogP) is 4.31. The van der Waals surface area contributed by atoms with Crippen molar-refractivity contribution in [2.45, 2.75) is 18.6 Å². The van der Waals surface area contributed by atoms with Gasteiger partial charge in [-0.1, -0.05) is 48.5 Å². The summed E-state index contributed by atoms with van der Waals surface area (Å²) in [7, 11) is 2.32. The Morgan fingerprint density at radius 3 is 2.23 bits per heavy atom. The molecule has 0 aromatic heterocycles. The predicted molar refractivity (Wildman–Crippen MR) is 106 cm³/mol. The van der Waals surface area contributed by atoms with Crippen LogP contribution in [-0.2, 0) is 25.2 Å². The molecule has 2 rings (SSSR count). The lowest BCUT2D eigenvalue weighted by atomic mass is 10.0. The first kappa shape index (κ1) is 22.9. The smallest absolute Gasteiger partial charge is 0.417 e. The maximum atomic E-state index is 13.2. The van der Waals surface area contributed by atoms with Crippen molar-refractivity contribution in [3.05, 3.63) is 76.9 Å². The van der Waals surface area contributed by atoms with Crippen molar-refractivity contribution in [3.8, 4) is 0 Å². The van der Waals surface area contributed by atoms with E-state index in [1.807, 2.05) is 0 Å². The van der Waals surface area contributed by atoms with Gasteiger partial charge in [0.05, 0.1) is 19.8 Å². The van der Waals surface area contributed by atoms with Crippen LogP contribution in [-0.4, -0.2) is 38.4 Å². The van der Waals surface area contributed by atoms with E-state index >= 15 is 0 Å². The molecule has 2 aromatic rings. The molecule has 1 unspecified atom stereocenters. The molecule has 158 valence electrons. The number of hydrogen-bond donors (Lipinski definition) is 0. The van der Waals surface area contributed by atoms with Crippen LogP contribution in [0.4, 0.5) is 13.2 Å². The van der Waals surface area contributed by atoms with Crippen LogP contribution < -0.4 is 0 Å². The van der Waals surface area contributed by atoms with Crippen molar-refractivity contribution in [1.82, 2.24) is 0 Å².